The Balaban J connectivity index is 1.61. The number of thioether (sulfide) groups is 1. The van der Waals surface area contributed by atoms with Crippen molar-refractivity contribution in [2.75, 3.05) is 26.0 Å². The van der Waals surface area contributed by atoms with Crippen molar-refractivity contribution >= 4 is 28.6 Å². The van der Waals surface area contributed by atoms with Gasteiger partial charge in [0.15, 0.2) is 0 Å². The van der Waals surface area contributed by atoms with E-state index in [1.54, 1.807) is 18.9 Å². The van der Waals surface area contributed by atoms with Crippen LogP contribution in [0, 0.1) is 0 Å². The van der Waals surface area contributed by atoms with Crippen LogP contribution in [0.5, 0.6) is 5.75 Å². The van der Waals surface area contributed by atoms with E-state index in [2.05, 4.69) is 42.1 Å². The fraction of sp³-hybridized carbons (Fsp3) is 0.571. The molecule has 0 radical (unpaired) electrons. The first-order valence-corrected chi connectivity index (χ1v) is 10.7. The van der Waals surface area contributed by atoms with E-state index in [-0.39, 0.29) is 5.25 Å². The molecule has 1 saturated heterocycles. The average Bonchev–Trinajstić information content (AvgIpc) is 3.10. The molecule has 142 valence electrons. The summed E-state index contributed by atoms with van der Waals surface area (Å²) < 4.78 is 5.38. The lowest BCUT2D eigenvalue weighted by Crippen LogP contribution is -2.41. The third kappa shape index (κ3) is 4.20. The van der Waals surface area contributed by atoms with E-state index in [0.29, 0.717) is 11.8 Å². The van der Waals surface area contributed by atoms with Crippen molar-refractivity contribution in [2.45, 2.75) is 50.7 Å². The van der Waals surface area contributed by atoms with Crippen molar-refractivity contribution in [1.82, 2.24) is 9.88 Å². The summed E-state index contributed by atoms with van der Waals surface area (Å²) in [7, 11) is 1.71. The second-order valence-corrected chi connectivity index (χ2v) is 8.57. The zero-order chi connectivity index (χ0) is 18.5. The Morgan fingerprint density at radius 2 is 2.15 bits per heavy atom. The van der Waals surface area contributed by atoms with Crippen molar-refractivity contribution in [2.24, 2.45) is 0 Å². The van der Waals surface area contributed by atoms with Crippen LogP contribution >= 0.6 is 11.8 Å². The van der Waals surface area contributed by atoms with E-state index in [1.165, 1.54) is 23.8 Å². The Morgan fingerprint density at radius 3 is 2.85 bits per heavy atom. The van der Waals surface area contributed by atoms with Gasteiger partial charge in [-0.2, -0.15) is 0 Å². The van der Waals surface area contributed by atoms with Crippen LogP contribution in [-0.4, -0.2) is 47.0 Å². The topological polar surface area (TPSA) is 45.3 Å². The monoisotopic (exact) mass is 374 g/mol. The summed E-state index contributed by atoms with van der Waals surface area (Å²) in [5.74, 6) is 2.79. The minimum atomic E-state index is 0.0791. The molecule has 0 saturated carbocycles. The average molecular weight is 375 g/mol. The molecule has 0 aliphatic carbocycles. The van der Waals surface area contributed by atoms with Gasteiger partial charge >= 0.3 is 0 Å². The molecule has 4 nitrogen and oxygen atoms in total. The van der Waals surface area contributed by atoms with E-state index in [1.807, 2.05) is 6.07 Å². The van der Waals surface area contributed by atoms with Gasteiger partial charge in [0.25, 0.3) is 0 Å². The van der Waals surface area contributed by atoms with Gasteiger partial charge in [0.2, 0.25) is 5.91 Å². The van der Waals surface area contributed by atoms with Crippen molar-refractivity contribution in [3.8, 4) is 5.75 Å². The van der Waals surface area contributed by atoms with Gasteiger partial charge < -0.3 is 14.6 Å². The lowest BCUT2D eigenvalue weighted by atomic mass is 9.89. The number of fused-ring (bicyclic) bond motifs is 1. The highest BCUT2D eigenvalue weighted by atomic mass is 32.2. The molecule has 2 heterocycles. The van der Waals surface area contributed by atoms with Gasteiger partial charge in [-0.05, 0) is 61.6 Å². The zero-order valence-electron chi connectivity index (χ0n) is 16.1. The number of amides is 1. The highest BCUT2D eigenvalue weighted by Crippen LogP contribution is 2.35. The summed E-state index contributed by atoms with van der Waals surface area (Å²) in [5, 5.41) is 1.33. The number of rotatable bonds is 7. The van der Waals surface area contributed by atoms with E-state index >= 15 is 0 Å². The number of nitrogens with zero attached hydrogens (tertiary/aromatic N) is 1. The van der Waals surface area contributed by atoms with Gasteiger partial charge in [-0.25, -0.2) is 0 Å². The molecule has 1 amide bonds. The number of ether oxygens (including phenoxy) is 1. The third-order valence-electron chi connectivity index (χ3n) is 5.38. The first-order chi connectivity index (χ1) is 12.6. The van der Waals surface area contributed by atoms with Gasteiger partial charge in [-0.3, -0.25) is 4.79 Å². The largest absolute Gasteiger partial charge is 0.497 e. The van der Waals surface area contributed by atoms with Gasteiger partial charge in [0, 0.05) is 30.2 Å². The first kappa shape index (κ1) is 19.2. The summed E-state index contributed by atoms with van der Waals surface area (Å²) >= 11 is 1.80. The molecule has 5 heteroatoms. The van der Waals surface area contributed by atoms with Crippen LogP contribution < -0.4 is 4.74 Å². The summed E-state index contributed by atoms with van der Waals surface area (Å²) in [5.41, 5.74) is 2.51. The third-order valence-corrected chi connectivity index (χ3v) is 6.61. The van der Waals surface area contributed by atoms with Gasteiger partial charge in [-0.15, -0.1) is 11.8 Å². The molecule has 1 fully saturated rings. The molecule has 1 unspecified atom stereocenters. The predicted octanol–water partition coefficient (Wildman–Crippen LogP) is 4.80. The summed E-state index contributed by atoms with van der Waals surface area (Å²) in [6.07, 6.45) is 6.57. The number of nitrogens with one attached hydrogen (secondary N) is 1. The molecule has 2 aromatic rings. The summed E-state index contributed by atoms with van der Waals surface area (Å²) in [6.45, 7) is 5.97. The molecule has 1 aromatic carbocycles. The van der Waals surface area contributed by atoms with Crippen molar-refractivity contribution < 1.29 is 9.53 Å². The first-order valence-electron chi connectivity index (χ1n) is 9.69. The minimum absolute atomic E-state index is 0.0791. The van der Waals surface area contributed by atoms with Crippen LogP contribution in [0.4, 0.5) is 0 Å². The number of carbonyl (C=O) groups excluding carboxylic acids is 1. The molecule has 0 spiro atoms. The molecule has 0 bridgehead atoms. The number of aromatic amines is 1. The summed E-state index contributed by atoms with van der Waals surface area (Å²) in [6, 6.07) is 6.18. The van der Waals surface area contributed by atoms with Crippen LogP contribution in [0.3, 0.4) is 0 Å². The van der Waals surface area contributed by atoms with E-state index < -0.39 is 0 Å². The van der Waals surface area contributed by atoms with Crippen molar-refractivity contribution in [3.63, 3.8) is 0 Å². The number of unbranched alkanes of at least 4 members (excludes halogenated alkanes) is 1. The highest BCUT2D eigenvalue weighted by Gasteiger charge is 2.28. The number of carbonyl (C=O) groups is 1. The molecule has 1 aliphatic heterocycles. The van der Waals surface area contributed by atoms with Crippen molar-refractivity contribution in [3.05, 3.63) is 30.0 Å². The van der Waals surface area contributed by atoms with Gasteiger partial charge in [0.05, 0.1) is 12.4 Å². The number of methoxy groups -OCH3 is 1. The number of hydrogen-bond donors (Lipinski definition) is 1. The normalized spacial score (nSPS) is 16.8. The number of H-pyrrole nitrogens is 1. The van der Waals surface area contributed by atoms with Gasteiger partial charge in [0.1, 0.15) is 5.75 Å². The molecular weight excluding hydrogens is 344 g/mol. The van der Waals surface area contributed by atoms with Crippen LogP contribution in [-0.2, 0) is 4.79 Å². The van der Waals surface area contributed by atoms with Crippen LogP contribution in [0.15, 0.2) is 24.4 Å². The second-order valence-electron chi connectivity index (χ2n) is 7.12. The molecular formula is C21H30N2O2S. The number of hydrogen-bond acceptors (Lipinski definition) is 3. The second kappa shape index (κ2) is 8.85. The molecule has 1 aromatic heterocycles. The van der Waals surface area contributed by atoms with E-state index in [0.717, 1.165) is 43.0 Å². The minimum Gasteiger partial charge on any atom is -0.497 e. The van der Waals surface area contributed by atoms with E-state index in [9.17, 15) is 4.79 Å². The lowest BCUT2D eigenvalue weighted by Gasteiger charge is -2.33. The number of piperidine rings is 1. The fourth-order valence-corrected chi connectivity index (χ4v) is 4.83. The molecule has 1 atom stereocenters. The van der Waals surface area contributed by atoms with E-state index in [4.69, 9.17) is 4.74 Å². The van der Waals surface area contributed by atoms with Crippen LogP contribution in [0.25, 0.3) is 10.9 Å². The Hall–Kier alpha value is -1.62. The van der Waals surface area contributed by atoms with Gasteiger partial charge in [-0.1, -0.05) is 13.3 Å². The highest BCUT2D eigenvalue weighted by molar-refractivity contribution is 8.00. The maximum atomic E-state index is 12.7. The number of likely N-dealkylation sites (tertiary alicyclic amines) is 1. The maximum Gasteiger partial charge on any atom is 0.235 e. The summed E-state index contributed by atoms with van der Waals surface area (Å²) in [4.78, 5) is 18.1. The zero-order valence-corrected chi connectivity index (χ0v) is 16.9. The fourth-order valence-electron chi connectivity index (χ4n) is 3.73. The standard InChI is InChI=1S/C21H30N2O2S/c1-4-5-12-26-15(2)21(24)23-10-8-16(9-11-23)19-14-22-20-7-6-17(25-3)13-18(19)20/h6-7,13-16,22H,4-5,8-12H2,1-3H3. The Kier molecular flexibility index (Phi) is 6.52. The Bertz CT molecular complexity index is 735. The Morgan fingerprint density at radius 1 is 1.38 bits per heavy atom. The molecule has 26 heavy (non-hydrogen) atoms. The van der Waals surface area contributed by atoms with Crippen molar-refractivity contribution in [1.29, 1.82) is 0 Å². The van der Waals surface area contributed by atoms with Crippen LogP contribution in [0.2, 0.25) is 0 Å². The predicted molar refractivity (Wildman–Crippen MR) is 110 cm³/mol. The molecule has 3 rings (SSSR count). The smallest absolute Gasteiger partial charge is 0.235 e. The molecule has 1 aliphatic rings. The quantitative estimate of drug-likeness (QED) is 0.708. The maximum absolute atomic E-state index is 12.7. The Labute approximate surface area is 160 Å². The number of aromatic nitrogens is 1. The molecule has 1 N–H and O–H groups in total. The SMILES string of the molecule is CCCCSC(C)C(=O)N1CCC(c2c[nH]c3ccc(OC)cc23)CC1. The van der Waals surface area contributed by atoms with Crippen LogP contribution in [0.1, 0.15) is 51.0 Å². The lowest BCUT2D eigenvalue weighted by molar-refractivity contribution is -0.131. The number of benzene rings is 1.